The van der Waals surface area contributed by atoms with E-state index in [2.05, 4.69) is 4.90 Å². The number of rotatable bonds is 5. The molecule has 2 atom stereocenters. The van der Waals surface area contributed by atoms with Gasteiger partial charge in [-0.15, -0.1) is 0 Å². The number of carboxylic acid groups (broad SMARTS) is 1. The Balaban J connectivity index is 2.47. The first-order valence-corrected chi connectivity index (χ1v) is 6.74. The molecule has 2 unspecified atom stereocenters. The van der Waals surface area contributed by atoms with Crippen LogP contribution in [0.5, 0.6) is 0 Å². The molecule has 0 spiro atoms. The molecule has 1 aliphatic rings. The molecule has 0 bridgehead atoms. The second-order valence-corrected chi connectivity index (χ2v) is 5.53. The van der Waals surface area contributed by atoms with Crippen LogP contribution in [0.4, 0.5) is 4.79 Å². The maximum atomic E-state index is 12.2. The van der Waals surface area contributed by atoms with E-state index in [1.165, 1.54) is 0 Å². The summed E-state index contributed by atoms with van der Waals surface area (Å²) >= 11 is 0. The summed E-state index contributed by atoms with van der Waals surface area (Å²) in [5.41, 5.74) is 0. The molecule has 0 aromatic carbocycles. The van der Waals surface area contributed by atoms with Crippen molar-refractivity contribution in [3.63, 3.8) is 0 Å². The lowest BCUT2D eigenvalue weighted by molar-refractivity contribution is -0.142. The van der Waals surface area contributed by atoms with Gasteiger partial charge in [0.1, 0.15) is 0 Å². The lowest BCUT2D eigenvalue weighted by Gasteiger charge is -2.29. The highest BCUT2D eigenvalue weighted by Crippen LogP contribution is 2.25. The highest BCUT2D eigenvalue weighted by atomic mass is 16.4. The van der Waals surface area contributed by atoms with Gasteiger partial charge in [0.25, 0.3) is 0 Å². The summed E-state index contributed by atoms with van der Waals surface area (Å²) in [6, 6.07) is -0.281. The highest BCUT2D eigenvalue weighted by molar-refractivity contribution is 5.78. The summed E-state index contributed by atoms with van der Waals surface area (Å²) < 4.78 is 0. The van der Waals surface area contributed by atoms with Gasteiger partial charge in [0.2, 0.25) is 0 Å². The Morgan fingerprint density at radius 1 is 1.26 bits per heavy atom. The fourth-order valence-corrected chi connectivity index (χ4v) is 2.48. The summed E-state index contributed by atoms with van der Waals surface area (Å²) in [4.78, 5) is 28.7. The van der Waals surface area contributed by atoms with E-state index in [-0.39, 0.29) is 12.1 Å². The van der Waals surface area contributed by atoms with E-state index >= 15 is 0 Å². The van der Waals surface area contributed by atoms with Crippen LogP contribution in [0.1, 0.15) is 19.8 Å². The summed E-state index contributed by atoms with van der Waals surface area (Å²) in [6.45, 7) is 3.98. The predicted molar refractivity (Wildman–Crippen MR) is 73.1 cm³/mol. The third-order valence-electron chi connectivity index (χ3n) is 3.74. The van der Waals surface area contributed by atoms with Gasteiger partial charge in [-0.3, -0.25) is 4.79 Å². The van der Waals surface area contributed by atoms with Gasteiger partial charge >= 0.3 is 12.0 Å². The van der Waals surface area contributed by atoms with Crippen LogP contribution in [0.15, 0.2) is 0 Å². The fraction of sp³-hybridized carbons (Fsp3) is 0.846. The molecule has 1 N–H and O–H groups in total. The smallest absolute Gasteiger partial charge is 0.320 e. The van der Waals surface area contributed by atoms with Gasteiger partial charge in [0.05, 0.1) is 5.92 Å². The maximum Gasteiger partial charge on any atom is 0.320 e. The number of urea groups is 1. The molecule has 0 aromatic rings. The monoisotopic (exact) mass is 271 g/mol. The average molecular weight is 271 g/mol. The molecule has 19 heavy (non-hydrogen) atoms. The Labute approximate surface area is 115 Å². The number of hydrogen-bond donors (Lipinski definition) is 1. The van der Waals surface area contributed by atoms with Crippen molar-refractivity contribution in [3.05, 3.63) is 0 Å². The van der Waals surface area contributed by atoms with Crippen LogP contribution < -0.4 is 0 Å². The second kappa shape index (κ2) is 6.75. The molecule has 1 fully saturated rings. The number of hydrogen-bond acceptors (Lipinski definition) is 3. The van der Waals surface area contributed by atoms with Gasteiger partial charge in [0.15, 0.2) is 0 Å². The predicted octanol–water partition coefficient (Wildman–Crippen LogP) is 0.785. The molecule has 6 nitrogen and oxygen atoms in total. The minimum Gasteiger partial charge on any atom is -0.481 e. The number of carbonyl (C=O) groups excluding carboxylic acids is 1. The number of likely N-dealkylation sites (tertiary alicyclic amines) is 1. The normalized spacial score (nSPS) is 22.9. The third kappa shape index (κ3) is 4.09. The Morgan fingerprint density at radius 3 is 2.37 bits per heavy atom. The molecule has 1 aliphatic heterocycles. The summed E-state index contributed by atoms with van der Waals surface area (Å²) in [5, 5.41) is 9.07. The summed E-state index contributed by atoms with van der Waals surface area (Å²) in [6.07, 6.45) is 1.47. The van der Waals surface area contributed by atoms with Crippen LogP contribution in [0, 0.1) is 5.92 Å². The van der Waals surface area contributed by atoms with Crippen molar-refractivity contribution in [3.8, 4) is 0 Å². The van der Waals surface area contributed by atoms with E-state index < -0.39 is 11.9 Å². The number of carbonyl (C=O) groups is 2. The molecular formula is C13H25N3O3. The van der Waals surface area contributed by atoms with Gasteiger partial charge in [-0.2, -0.15) is 0 Å². The van der Waals surface area contributed by atoms with Gasteiger partial charge in [-0.05, 0) is 40.4 Å². The van der Waals surface area contributed by atoms with Crippen molar-refractivity contribution >= 4 is 12.0 Å². The third-order valence-corrected chi connectivity index (χ3v) is 3.74. The van der Waals surface area contributed by atoms with E-state index in [1.54, 1.807) is 16.8 Å². The SMILES string of the molecule is CC1C(C(=O)O)CCN1C(=O)N(C)CCCN(C)C. The number of nitrogens with zero attached hydrogens (tertiary/aromatic N) is 3. The van der Waals surface area contributed by atoms with Crippen molar-refractivity contribution in [2.24, 2.45) is 5.92 Å². The Hall–Kier alpha value is -1.30. The standard InChI is InChI=1S/C13H25N3O3/c1-10-11(12(17)18)6-9-16(10)13(19)15(4)8-5-7-14(2)3/h10-11H,5-9H2,1-4H3,(H,17,18). The summed E-state index contributed by atoms with van der Waals surface area (Å²) in [5.74, 6) is -1.24. The van der Waals surface area contributed by atoms with E-state index in [1.807, 2.05) is 21.0 Å². The van der Waals surface area contributed by atoms with E-state index in [0.717, 1.165) is 13.0 Å². The Kier molecular flexibility index (Phi) is 5.60. The molecule has 0 saturated carbocycles. The molecule has 110 valence electrons. The molecule has 0 aromatic heterocycles. The van der Waals surface area contributed by atoms with E-state index in [0.29, 0.717) is 19.5 Å². The Morgan fingerprint density at radius 2 is 1.89 bits per heavy atom. The molecule has 0 radical (unpaired) electrons. The first-order chi connectivity index (χ1) is 8.84. The minimum atomic E-state index is -0.807. The highest BCUT2D eigenvalue weighted by Gasteiger charge is 2.38. The molecule has 1 heterocycles. The first kappa shape index (κ1) is 15.8. The van der Waals surface area contributed by atoms with Gasteiger partial charge < -0.3 is 19.8 Å². The maximum absolute atomic E-state index is 12.2. The zero-order valence-electron chi connectivity index (χ0n) is 12.3. The van der Waals surface area contributed by atoms with Crippen LogP contribution in [0.3, 0.4) is 0 Å². The van der Waals surface area contributed by atoms with Gasteiger partial charge in [-0.25, -0.2) is 4.79 Å². The topological polar surface area (TPSA) is 64.1 Å². The second-order valence-electron chi connectivity index (χ2n) is 5.53. The minimum absolute atomic E-state index is 0.0602. The zero-order valence-corrected chi connectivity index (χ0v) is 12.3. The van der Waals surface area contributed by atoms with E-state index in [9.17, 15) is 9.59 Å². The molecule has 2 amide bonds. The fourth-order valence-electron chi connectivity index (χ4n) is 2.48. The van der Waals surface area contributed by atoms with Crippen molar-refractivity contribution < 1.29 is 14.7 Å². The Bertz CT molecular complexity index is 333. The van der Waals surface area contributed by atoms with Crippen LogP contribution >= 0.6 is 0 Å². The van der Waals surface area contributed by atoms with Crippen LogP contribution in [0.2, 0.25) is 0 Å². The van der Waals surface area contributed by atoms with Crippen LogP contribution in [-0.4, -0.2) is 78.6 Å². The molecule has 6 heteroatoms. The quantitative estimate of drug-likeness (QED) is 0.803. The zero-order chi connectivity index (χ0) is 14.6. The first-order valence-electron chi connectivity index (χ1n) is 6.74. The molecular weight excluding hydrogens is 246 g/mol. The van der Waals surface area contributed by atoms with Crippen molar-refractivity contribution in [1.82, 2.24) is 14.7 Å². The van der Waals surface area contributed by atoms with Crippen LogP contribution in [-0.2, 0) is 4.79 Å². The number of aliphatic carboxylic acids is 1. The van der Waals surface area contributed by atoms with Crippen molar-refractivity contribution in [2.45, 2.75) is 25.8 Å². The lowest BCUT2D eigenvalue weighted by Crippen LogP contribution is -2.45. The van der Waals surface area contributed by atoms with E-state index in [4.69, 9.17) is 5.11 Å². The molecule has 1 rings (SSSR count). The molecule has 0 aliphatic carbocycles. The van der Waals surface area contributed by atoms with Crippen LogP contribution in [0.25, 0.3) is 0 Å². The largest absolute Gasteiger partial charge is 0.481 e. The number of carboxylic acids is 1. The lowest BCUT2D eigenvalue weighted by atomic mass is 10.0. The number of amides is 2. The van der Waals surface area contributed by atoms with Gasteiger partial charge in [0, 0.05) is 26.2 Å². The van der Waals surface area contributed by atoms with Crippen molar-refractivity contribution in [1.29, 1.82) is 0 Å². The average Bonchev–Trinajstić information content (AvgIpc) is 2.69. The summed E-state index contributed by atoms with van der Waals surface area (Å²) in [7, 11) is 5.78. The molecule has 1 saturated heterocycles. The van der Waals surface area contributed by atoms with Crippen molar-refractivity contribution in [2.75, 3.05) is 40.8 Å². The van der Waals surface area contributed by atoms with Gasteiger partial charge in [-0.1, -0.05) is 0 Å².